The second kappa shape index (κ2) is 6.74. The summed E-state index contributed by atoms with van der Waals surface area (Å²) in [6.45, 7) is 1.25. The average molecular weight is 386 g/mol. The minimum Gasteiger partial charge on any atom is -0.467 e. The lowest BCUT2D eigenvalue weighted by Crippen LogP contribution is -2.36. The second-order valence-corrected chi connectivity index (χ2v) is 7.28. The van der Waals surface area contributed by atoms with Crippen molar-refractivity contribution in [3.63, 3.8) is 0 Å². The highest BCUT2D eigenvalue weighted by Gasteiger charge is 2.37. The summed E-state index contributed by atoms with van der Waals surface area (Å²) in [5, 5.41) is 0. The molecule has 2 aromatic carbocycles. The van der Waals surface area contributed by atoms with E-state index in [4.69, 9.17) is 4.42 Å². The van der Waals surface area contributed by atoms with Gasteiger partial charge in [0.1, 0.15) is 5.76 Å². The molecule has 144 valence electrons. The van der Waals surface area contributed by atoms with Gasteiger partial charge in [-0.25, -0.2) is 0 Å². The normalized spacial score (nSPS) is 15.4. The Hall–Kier alpha value is -3.67. The quantitative estimate of drug-likeness (QED) is 0.648. The summed E-state index contributed by atoms with van der Waals surface area (Å²) in [5.41, 5.74) is 3.42. The molecule has 0 atom stereocenters. The van der Waals surface area contributed by atoms with Crippen molar-refractivity contribution < 1.29 is 18.8 Å². The molecule has 5 rings (SSSR count). The van der Waals surface area contributed by atoms with E-state index in [0.717, 1.165) is 16.9 Å². The summed E-state index contributed by atoms with van der Waals surface area (Å²) >= 11 is 0. The molecule has 29 heavy (non-hydrogen) atoms. The molecule has 0 aliphatic carbocycles. The van der Waals surface area contributed by atoms with Gasteiger partial charge in [-0.15, -0.1) is 0 Å². The SMILES string of the molecule is O=C(c1ccc2c(c1)C(=O)N(Cc1ccco1)C2=O)N1CCc2ccccc2C1. The smallest absolute Gasteiger partial charge is 0.261 e. The van der Waals surface area contributed by atoms with Crippen molar-refractivity contribution in [3.8, 4) is 0 Å². The number of hydrogen-bond acceptors (Lipinski definition) is 4. The predicted octanol–water partition coefficient (Wildman–Crippen LogP) is 3.27. The highest BCUT2D eigenvalue weighted by atomic mass is 16.3. The van der Waals surface area contributed by atoms with Crippen molar-refractivity contribution in [2.75, 3.05) is 6.54 Å². The molecule has 6 nitrogen and oxygen atoms in total. The Morgan fingerprint density at radius 2 is 1.72 bits per heavy atom. The third-order valence-corrected chi connectivity index (χ3v) is 5.53. The van der Waals surface area contributed by atoms with E-state index in [9.17, 15) is 14.4 Å². The van der Waals surface area contributed by atoms with Crippen LogP contribution in [-0.4, -0.2) is 34.1 Å². The maximum atomic E-state index is 13.0. The Balaban J connectivity index is 1.39. The van der Waals surface area contributed by atoms with Gasteiger partial charge in [0.15, 0.2) is 0 Å². The zero-order valence-electron chi connectivity index (χ0n) is 15.6. The maximum absolute atomic E-state index is 13.0. The number of amides is 3. The van der Waals surface area contributed by atoms with E-state index in [0.29, 0.717) is 30.0 Å². The van der Waals surface area contributed by atoms with Crippen molar-refractivity contribution in [3.05, 3.63) is 94.4 Å². The maximum Gasteiger partial charge on any atom is 0.261 e. The van der Waals surface area contributed by atoms with E-state index in [1.807, 2.05) is 18.2 Å². The van der Waals surface area contributed by atoms with E-state index < -0.39 is 5.91 Å². The molecular formula is C23H18N2O4. The van der Waals surface area contributed by atoms with Crippen LogP contribution in [0.4, 0.5) is 0 Å². The van der Waals surface area contributed by atoms with Gasteiger partial charge in [-0.05, 0) is 47.9 Å². The number of fused-ring (bicyclic) bond motifs is 2. The fourth-order valence-electron chi connectivity index (χ4n) is 3.98. The molecule has 2 aliphatic rings. The van der Waals surface area contributed by atoms with Gasteiger partial charge in [0, 0.05) is 18.7 Å². The summed E-state index contributed by atoms with van der Waals surface area (Å²) in [6.07, 6.45) is 2.31. The number of nitrogens with zero attached hydrogens (tertiary/aromatic N) is 2. The first-order valence-corrected chi connectivity index (χ1v) is 9.50. The lowest BCUT2D eigenvalue weighted by molar-refractivity contribution is 0.0631. The molecule has 1 aromatic heterocycles. The second-order valence-electron chi connectivity index (χ2n) is 7.28. The van der Waals surface area contributed by atoms with Crippen LogP contribution in [0.1, 0.15) is 48.0 Å². The molecule has 0 spiro atoms. The monoisotopic (exact) mass is 386 g/mol. The summed E-state index contributed by atoms with van der Waals surface area (Å²) < 4.78 is 5.25. The molecule has 0 bridgehead atoms. The van der Waals surface area contributed by atoms with Gasteiger partial charge >= 0.3 is 0 Å². The molecule has 0 fully saturated rings. The molecule has 3 aromatic rings. The Labute approximate surface area is 167 Å². The number of carbonyl (C=O) groups is 3. The van der Waals surface area contributed by atoms with Crippen molar-refractivity contribution in [1.29, 1.82) is 0 Å². The van der Waals surface area contributed by atoms with Crippen LogP contribution in [0.15, 0.2) is 65.3 Å². The Morgan fingerprint density at radius 3 is 2.52 bits per heavy atom. The highest BCUT2D eigenvalue weighted by molar-refractivity contribution is 6.22. The fourth-order valence-corrected chi connectivity index (χ4v) is 3.98. The fraction of sp³-hybridized carbons (Fsp3) is 0.174. The first kappa shape index (κ1) is 17.4. The van der Waals surface area contributed by atoms with E-state index in [2.05, 4.69) is 6.07 Å². The highest BCUT2D eigenvalue weighted by Crippen LogP contribution is 2.27. The molecule has 0 unspecified atom stereocenters. The number of hydrogen-bond donors (Lipinski definition) is 0. The van der Waals surface area contributed by atoms with Gasteiger partial charge in [-0.1, -0.05) is 24.3 Å². The topological polar surface area (TPSA) is 70.8 Å². The minimum absolute atomic E-state index is 0.0749. The number of carbonyl (C=O) groups excluding carboxylic acids is 3. The van der Waals surface area contributed by atoms with Crippen LogP contribution >= 0.6 is 0 Å². The third kappa shape index (κ3) is 2.93. The van der Waals surface area contributed by atoms with Crippen molar-refractivity contribution in [2.24, 2.45) is 0 Å². The lowest BCUT2D eigenvalue weighted by atomic mass is 9.98. The van der Waals surface area contributed by atoms with E-state index in [1.165, 1.54) is 11.8 Å². The molecule has 3 heterocycles. The Morgan fingerprint density at radius 1 is 0.931 bits per heavy atom. The number of furan rings is 1. The minimum atomic E-state index is -0.403. The molecular weight excluding hydrogens is 368 g/mol. The van der Waals surface area contributed by atoms with Crippen LogP contribution in [0.25, 0.3) is 0 Å². The molecule has 3 amide bonds. The van der Waals surface area contributed by atoms with Crippen LogP contribution < -0.4 is 0 Å². The first-order chi connectivity index (χ1) is 14.1. The zero-order valence-corrected chi connectivity index (χ0v) is 15.6. The first-order valence-electron chi connectivity index (χ1n) is 9.50. The van der Waals surface area contributed by atoms with E-state index in [1.54, 1.807) is 35.2 Å². The lowest BCUT2D eigenvalue weighted by Gasteiger charge is -2.29. The number of imide groups is 1. The van der Waals surface area contributed by atoms with Crippen LogP contribution in [0.2, 0.25) is 0 Å². The predicted molar refractivity (Wildman–Crippen MR) is 104 cm³/mol. The summed E-state index contributed by atoms with van der Waals surface area (Å²) in [7, 11) is 0. The number of benzene rings is 2. The largest absolute Gasteiger partial charge is 0.467 e. The molecule has 0 radical (unpaired) electrons. The van der Waals surface area contributed by atoms with Crippen molar-refractivity contribution in [1.82, 2.24) is 9.80 Å². The van der Waals surface area contributed by atoms with Gasteiger partial charge in [-0.3, -0.25) is 19.3 Å². The zero-order chi connectivity index (χ0) is 20.0. The van der Waals surface area contributed by atoms with Crippen molar-refractivity contribution in [2.45, 2.75) is 19.5 Å². The molecule has 0 saturated heterocycles. The van der Waals surface area contributed by atoms with Gasteiger partial charge in [0.2, 0.25) is 0 Å². The summed E-state index contributed by atoms with van der Waals surface area (Å²) in [6, 6.07) is 16.3. The van der Waals surface area contributed by atoms with Gasteiger partial charge < -0.3 is 9.32 Å². The number of rotatable bonds is 3. The van der Waals surface area contributed by atoms with Crippen LogP contribution in [0, 0.1) is 0 Å². The standard InChI is InChI=1S/C23H18N2O4/c26-21(24-10-9-15-4-1-2-5-17(15)13-24)16-7-8-19-20(12-16)23(28)25(22(19)27)14-18-6-3-11-29-18/h1-8,11-12H,9-10,13-14H2. The Bertz CT molecular complexity index is 1130. The van der Waals surface area contributed by atoms with Crippen LogP contribution in [0.3, 0.4) is 0 Å². The van der Waals surface area contributed by atoms with Gasteiger partial charge in [0.25, 0.3) is 17.7 Å². The van der Waals surface area contributed by atoms with E-state index >= 15 is 0 Å². The van der Waals surface area contributed by atoms with E-state index in [-0.39, 0.29) is 23.9 Å². The molecule has 6 heteroatoms. The Kier molecular flexibility index (Phi) is 4.05. The van der Waals surface area contributed by atoms with Crippen LogP contribution in [-0.2, 0) is 19.5 Å². The average Bonchev–Trinajstić information content (AvgIpc) is 3.36. The molecule has 2 aliphatic heterocycles. The molecule has 0 N–H and O–H groups in total. The van der Waals surface area contributed by atoms with Crippen molar-refractivity contribution >= 4 is 17.7 Å². The van der Waals surface area contributed by atoms with Gasteiger partial charge in [0.05, 0.1) is 23.9 Å². The van der Waals surface area contributed by atoms with Crippen LogP contribution in [0.5, 0.6) is 0 Å². The molecule has 0 saturated carbocycles. The third-order valence-electron chi connectivity index (χ3n) is 5.53. The van der Waals surface area contributed by atoms with Gasteiger partial charge in [-0.2, -0.15) is 0 Å². The summed E-state index contributed by atoms with van der Waals surface area (Å²) in [4.78, 5) is 41.4. The summed E-state index contributed by atoms with van der Waals surface area (Å²) in [5.74, 6) is -0.373.